The zero-order valence-corrected chi connectivity index (χ0v) is 16.3. The van der Waals surface area contributed by atoms with Gasteiger partial charge in [-0.2, -0.15) is 5.10 Å². The molecule has 2 rings (SSSR count). The summed E-state index contributed by atoms with van der Waals surface area (Å²) in [7, 11) is 0. The SMILES string of the molecule is C/C(CC(=O)Nc1ccc(F)cc1F)=N\NC(=O)c1ccc(C(C)(C)C)cc1. The Morgan fingerprint density at radius 2 is 1.68 bits per heavy atom. The van der Waals surface area contributed by atoms with Crippen LogP contribution in [0.5, 0.6) is 0 Å². The lowest BCUT2D eigenvalue weighted by Crippen LogP contribution is -2.22. The molecule has 148 valence electrons. The molecule has 0 atom stereocenters. The third-order valence-electron chi connectivity index (χ3n) is 3.98. The number of carbonyl (C=O) groups is 2. The second-order valence-electron chi connectivity index (χ2n) is 7.46. The van der Waals surface area contributed by atoms with Crippen LogP contribution in [-0.2, 0) is 10.2 Å². The normalized spacial score (nSPS) is 11.9. The van der Waals surface area contributed by atoms with Crippen LogP contribution in [0.25, 0.3) is 0 Å². The molecule has 2 aromatic rings. The minimum absolute atomic E-state index is 0.0128. The van der Waals surface area contributed by atoms with E-state index in [0.717, 1.165) is 17.7 Å². The molecule has 5 nitrogen and oxygen atoms in total. The fourth-order valence-corrected chi connectivity index (χ4v) is 2.39. The van der Waals surface area contributed by atoms with Crippen LogP contribution >= 0.6 is 0 Å². The van der Waals surface area contributed by atoms with Crippen LogP contribution in [0.4, 0.5) is 14.5 Å². The number of rotatable bonds is 5. The molecular formula is C21H23F2N3O2. The van der Waals surface area contributed by atoms with Crippen molar-refractivity contribution >= 4 is 23.2 Å². The lowest BCUT2D eigenvalue weighted by molar-refractivity contribution is -0.115. The molecule has 28 heavy (non-hydrogen) atoms. The number of nitrogens with zero attached hydrogens (tertiary/aromatic N) is 1. The molecule has 0 bridgehead atoms. The highest BCUT2D eigenvalue weighted by molar-refractivity contribution is 6.06. The Kier molecular flexibility index (Phi) is 6.62. The number of halogens is 2. The highest BCUT2D eigenvalue weighted by Crippen LogP contribution is 2.22. The first-order chi connectivity index (χ1) is 13.1. The van der Waals surface area contributed by atoms with E-state index in [0.29, 0.717) is 17.3 Å². The first-order valence-electron chi connectivity index (χ1n) is 8.75. The lowest BCUT2D eigenvalue weighted by atomic mass is 9.87. The van der Waals surface area contributed by atoms with Crippen molar-refractivity contribution in [2.75, 3.05) is 5.32 Å². The Balaban J connectivity index is 1.92. The van der Waals surface area contributed by atoms with E-state index >= 15 is 0 Å². The standard InChI is InChI=1S/C21H23F2N3O2/c1-13(11-19(27)24-18-10-9-16(22)12-17(18)23)25-26-20(28)14-5-7-15(8-6-14)21(2,3)4/h5-10,12H,11H2,1-4H3,(H,24,27)(H,26,28)/b25-13+. The molecule has 0 aliphatic rings. The van der Waals surface area contributed by atoms with Crippen molar-refractivity contribution in [1.82, 2.24) is 5.43 Å². The molecule has 0 heterocycles. The maximum atomic E-state index is 13.5. The number of anilines is 1. The minimum Gasteiger partial charge on any atom is -0.323 e. The van der Waals surface area contributed by atoms with Gasteiger partial charge in [0, 0.05) is 17.3 Å². The minimum atomic E-state index is -0.866. The van der Waals surface area contributed by atoms with Gasteiger partial charge in [0.1, 0.15) is 11.6 Å². The highest BCUT2D eigenvalue weighted by Gasteiger charge is 2.14. The zero-order chi connectivity index (χ0) is 20.9. The van der Waals surface area contributed by atoms with E-state index in [2.05, 4.69) is 36.6 Å². The highest BCUT2D eigenvalue weighted by atomic mass is 19.1. The van der Waals surface area contributed by atoms with E-state index in [1.54, 1.807) is 19.1 Å². The topological polar surface area (TPSA) is 70.6 Å². The zero-order valence-electron chi connectivity index (χ0n) is 16.3. The molecule has 0 aromatic heterocycles. The van der Waals surface area contributed by atoms with E-state index < -0.39 is 23.4 Å². The maximum Gasteiger partial charge on any atom is 0.271 e. The predicted octanol–water partition coefficient (Wildman–Crippen LogP) is 4.40. The van der Waals surface area contributed by atoms with E-state index in [4.69, 9.17) is 0 Å². The molecule has 2 amide bonds. The number of hydrazone groups is 1. The Labute approximate surface area is 162 Å². The van der Waals surface area contributed by atoms with Crippen molar-refractivity contribution in [3.63, 3.8) is 0 Å². The Bertz CT molecular complexity index is 901. The van der Waals surface area contributed by atoms with Gasteiger partial charge in [-0.3, -0.25) is 9.59 Å². The molecule has 2 N–H and O–H groups in total. The monoisotopic (exact) mass is 387 g/mol. The van der Waals surface area contributed by atoms with Gasteiger partial charge < -0.3 is 5.32 Å². The van der Waals surface area contributed by atoms with Crippen molar-refractivity contribution in [3.8, 4) is 0 Å². The van der Waals surface area contributed by atoms with Gasteiger partial charge in [0.05, 0.1) is 12.1 Å². The number of hydrogen-bond acceptors (Lipinski definition) is 3. The van der Waals surface area contributed by atoms with Crippen LogP contribution in [0.1, 0.15) is 50.0 Å². The van der Waals surface area contributed by atoms with Crippen molar-refractivity contribution in [1.29, 1.82) is 0 Å². The van der Waals surface area contributed by atoms with Crippen LogP contribution in [0.3, 0.4) is 0 Å². The number of benzene rings is 2. The van der Waals surface area contributed by atoms with Crippen molar-refractivity contribution in [2.24, 2.45) is 5.10 Å². The summed E-state index contributed by atoms with van der Waals surface area (Å²) < 4.78 is 26.4. The maximum absolute atomic E-state index is 13.5. The molecule has 0 spiro atoms. The molecule has 0 saturated carbocycles. The van der Waals surface area contributed by atoms with Crippen LogP contribution in [0.2, 0.25) is 0 Å². The van der Waals surface area contributed by atoms with E-state index in [1.165, 1.54) is 0 Å². The summed E-state index contributed by atoms with van der Waals surface area (Å²) in [6.07, 6.45) is -0.153. The number of amides is 2. The van der Waals surface area contributed by atoms with Crippen LogP contribution in [-0.4, -0.2) is 17.5 Å². The van der Waals surface area contributed by atoms with Gasteiger partial charge in [0.25, 0.3) is 5.91 Å². The molecular weight excluding hydrogens is 364 g/mol. The Hall–Kier alpha value is -3.09. The molecule has 0 unspecified atom stereocenters. The molecule has 0 fully saturated rings. The van der Waals surface area contributed by atoms with E-state index in [1.807, 2.05) is 12.1 Å². The van der Waals surface area contributed by atoms with Gasteiger partial charge in [0.15, 0.2) is 0 Å². The summed E-state index contributed by atoms with van der Waals surface area (Å²) in [5.74, 6) is -2.53. The fraction of sp³-hybridized carbons (Fsp3) is 0.286. The number of nitrogens with one attached hydrogen (secondary N) is 2. The van der Waals surface area contributed by atoms with Gasteiger partial charge in [-0.15, -0.1) is 0 Å². The average molecular weight is 387 g/mol. The molecule has 7 heteroatoms. The number of carbonyl (C=O) groups excluding carboxylic acids is 2. The lowest BCUT2D eigenvalue weighted by Gasteiger charge is -2.18. The Morgan fingerprint density at radius 3 is 2.25 bits per heavy atom. The second-order valence-corrected chi connectivity index (χ2v) is 7.46. The Morgan fingerprint density at radius 1 is 1.04 bits per heavy atom. The quantitative estimate of drug-likeness (QED) is 0.590. The third-order valence-corrected chi connectivity index (χ3v) is 3.98. The van der Waals surface area contributed by atoms with Gasteiger partial charge in [-0.25, -0.2) is 14.2 Å². The molecule has 2 aromatic carbocycles. The average Bonchev–Trinajstić information content (AvgIpc) is 2.61. The van der Waals surface area contributed by atoms with Gasteiger partial charge in [0.2, 0.25) is 5.91 Å². The predicted molar refractivity (Wildman–Crippen MR) is 105 cm³/mol. The first-order valence-corrected chi connectivity index (χ1v) is 8.75. The van der Waals surface area contributed by atoms with Gasteiger partial charge in [-0.1, -0.05) is 32.9 Å². The van der Waals surface area contributed by atoms with Gasteiger partial charge >= 0.3 is 0 Å². The molecule has 0 aliphatic heterocycles. The third kappa shape index (κ3) is 5.97. The summed E-state index contributed by atoms with van der Waals surface area (Å²) in [5.41, 5.74) is 4.14. The van der Waals surface area contributed by atoms with Crippen molar-refractivity contribution in [3.05, 3.63) is 65.2 Å². The van der Waals surface area contributed by atoms with Crippen LogP contribution in [0, 0.1) is 11.6 Å². The van der Waals surface area contributed by atoms with E-state index in [-0.39, 0.29) is 17.5 Å². The van der Waals surface area contributed by atoms with Crippen LogP contribution < -0.4 is 10.7 Å². The van der Waals surface area contributed by atoms with Crippen molar-refractivity contribution < 1.29 is 18.4 Å². The fourth-order valence-electron chi connectivity index (χ4n) is 2.39. The second kappa shape index (κ2) is 8.73. The summed E-state index contributed by atoms with van der Waals surface area (Å²) in [6, 6.07) is 10.1. The van der Waals surface area contributed by atoms with Gasteiger partial charge in [-0.05, 0) is 42.2 Å². The smallest absolute Gasteiger partial charge is 0.271 e. The van der Waals surface area contributed by atoms with E-state index in [9.17, 15) is 18.4 Å². The summed E-state index contributed by atoms with van der Waals surface area (Å²) in [4.78, 5) is 24.1. The number of hydrogen-bond donors (Lipinski definition) is 2. The summed E-state index contributed by atoms with van der Waals surface area (Å²) in [6.45, 7) is 7.80. The first kappa shape index (κ1) is 21.2. The summed E-state index contributed by atoms with van der Waals surface area (Å²) in [5, 5.41) is 6.23. The summed E-state index contributed by atoms with van der Waals surface area (Å²) >= 11 is 0. The van der Waals surface area contributed by atoms with Crippen molar-refractivity contribution in [2.45, 2.75) is 39.5 Å². The molecule has 0 aliphatic carbocycles. The largest absolute Gasteiger partial charge is 0.323 e. The molecule has 0 radical (unpaired) electrons. The molecule has 0 saturated heterocycles. The van der Waals surface area contributed by atoms with Crippen LogP contribution in [0.15, 0.2) is 47.6 Å².